The van der Waals surface area contributed by atoms with Crippen LogP contribution in [0.5, 0.6) is 0 Å². The number of aliphatic hydroxyl groups excluding tert-OH is 1. The lowest BCUT2D eigenvalue weighted by Crippen LogP contribution is -2.30. The minimum absolute atomic E-state index is 0.109. The minimum atomic E-state index is -4.97. The number of aliphatic hydroxyl groups is 1. The lowest BCUT2D eigenvalue weighted by atomic mass is 10.0. The van der Waals surface area contributed by atoms with Gasteiger partial charge in [-0.1, -0.05) is 446 Å². The van der Waals surface area contributed by atoms with E-state index >= 15 is 0 Å². The fourth-order valence-electron chi connectivity index (χ4n) is 14.5. The Morgan fingerprint density at radius 2 is 0.414 bits per heavy atom. The van der Waals surface area contributed by atoms with Gasteiger partial charge in [0.05, 0.1) is 26.4 Å². The van der Waals surface area contributed by atoms with Crippen molar-refractivity contribution in [3.63, 3.8) is 0 Å². The molecule has 0 aliphatic rings. The summed E-state index contributed by atoms with van der Waals surface area (Å²) in [6.07, 6.45) is 77.8. The number of hydrogen-bond acceptors (Lipinski definition) is 15. The SMILES string of the molecule is CCCCCCCCCCCCCCCCCCCCCCC(=O)OC[C@H](COP(=O)(O)OC[C@@H](O)COP(=O)(O)OC[C@@H](COC(=O)CCCCCCCCCCCCC)OC(=O)CCCCCCCCCCCCCCCCCCC(C)C)OC(=O)CCCCCCCCCCCCCCCCCCCCC(C)C. The largest absolute Gasteiger partial charge is 0.472 e. The second kappa shape index (κ2) is 83.1. The van der Waals surface area contributed by atoms with Crippen molar-refractivity contribution >= 4 is 39.5 Å². The number of phosphoric ester groups is 2. The van der Waals surface area contributed by atoms with Gasteiger partial charge in [0.2, 0.25) is 0 Å². The van der Waals surface area contributed by atoms with Crippen LogP contribution in [0.2, 0.25) is 0 Å². The topological polar surface area (TPSA) is 237 Å². The lowest BCUT2D eigenvalue weighted by Gasteiger charge is -2.21. The Kier molecular flexibility index (Phi) is 81.7. The number of carbonyl (C=O) groups is 4. The Morgan fingerprint density at radius 3 is 0.613 bits per heavy atom. The normalized spacial score (nSPS) is 13.7. The average molecular weight is 1620 g/mol. The molecule has 5 atom stereocenters. The fraction of sp³-hybridized carbons (Fsp3) is 0.957. The van der Waals surface area contributed by atoms with Gasteiger partial charge in [0.25, 0.3) is 0 Å². The third-order valence-electron chi connectivity index (χ3n) is 21.7. The van der Waals surface area contributed by atoms with Crippen LogP contribution in [-0.2, 0) is 65.4 Å². The molecule has 0 heterocycles. The molecule has 0 fully saturated rings. The molecule has 0 aromatic heterocycles. The number of ether oxygens (including phenoxy) is 4. The molecule has 3 N–H and O–H groups in total. The third kappa shape index (κ3) is 85.8. The second-order valence-electron chi connectivity index (χ2n) is 34.0. The van der Waals surface area contributed by atoms with Crippen LogP contribution in [0.15, 0.2) is 0 Å². The van der Waals surface area contributed by atoms with Crippen LogP contribution in [0.4, 0.5) is 0 Å². The molecular formula is C92H180O17P2. The maximum Gasteiger partial charge on any atom is 0.472 e. The smallest absolute Gasteiger partial charge is 0.462 e. The van der Waals surface area contributed by atoms with Gasteiger partial charge in [0.15, 0.2) is 12.2 Å². The Bertz CT molecular complexity index is 2120. The molecule has 660 valence electrons. The van der Waals surface area contributed by atoms with Gasteiger partial charge >= 0.3 is 39.5 Å². The predicted molar refractivity (Wildman–Crippen MR) is 460 cm³/mol. The van der Waals surface area contributed by atoms with Gasteiger partial charge in [-0.3, -0.25) is 37.3 Å². The summed E-state index contributed by atoms with van der Waals surface area (Å²) in [6, 6.07) is 0. The average Bonchev–Trinajstić information content (AvgIpc) is 0.900. The lowest BCUT2D eigenvalue weighted by molar-refractivity contribution is -0.161. The maximum absolute atomic E-state index is 13.2. The van der Waals surface area contributed by atoms with E-state index in [1.54, 1.807) is 0 Å². The molecule has 111 heavy (non-hydrogen) atoms. The summed E-state index contributed by atoms with van der Waals surface area (Å²) < 4.78 is 69.1. The van der Waals surface area contributed by atoms with Crippen LogP contribution < -0.4 is 0 Å². The van der Waals surface area contributed by atoms with Crippen molar-refractivity contribution in [2.45, 2.75) is 516 Å². The zero-order valence-electron chi connectivity index (χ0n) is 73.3. The first-order valence-corrected chi connectivity index (χ1v) is 50.5. The van der Waals surface area contributed by atoms with Crippen LogP contribution in [0.1, 0.15) is 497 Å². The first-order chi connectivity index (χ1) is 53.9. The van der Waals surface area contributed by atoms with E-state index in [1.807, 2.05) is 0 Å². The van der Waals surface area contributed by atoms with Crippen LogP contribution in [0.25, 0.3) is 0 Å². The van der Waals surface area contributed by atoms with E-state index in [1.165, 1.54) is 315 Å². The van der Waals surface area contributed by atoms with Gasteiger partial charge in [-0.05, 0) is 37.5 Å². The summed E-state index contributed by atoms with van der Waals surface area (Å²) >= 11 is 0. The second-order valence-corrected chi connectivity index (χ2v) is 36.9. The molecular weight excluding hydrogens is 1440 g/mol. The number of unbranched alkanes of at least 4 members (excludes halogenated alkanes) is 61. The predicted octanol–water partition coefficient (Wildman–Crippen LogP) is 28.6. The maximum atomic E-state index is 13.2. The standard InChI is InChI=1S/C92H180O17P2/c1-7-9-11-13-15-17-19-20-21-22-23-24-28-34-39-45-51-57-63-69-75-90(95)103-81-88(109-92(97)76-70-64-58-52-46-40-35-29-26-25-27-32-37-43-48-54-60-66-72-84(3)4)83-107-111(100,101)105-79-86(93)78-104-110(98,99)106-82-87(80-102-89(94)74-68-62-56-50-42-18-16-14-12-10-8-2)108-91(96)77-71-65-59-53-47-41-36-31-30-33-38-44-49-55-61-67-73-85(5)6/h84-88,93H,7-83H2,1-6H3,(H,98,99)(H,100,101)/t86-,87+,88+/m0/s1. The monoisotopic (exact) mass is 1620 g/mol. The molecule has 0 aliphatic carbocycles. The molecule has 2 unspecified atom stereocenters. The van der Waals surface area contributed by atoms with E-state index < -0.39 is 97.5 Å². The van der Waals surface area contributed by atoms with E-state index in [0.717, 1.165) is 102 Å². The molecule has 0 radical (unpaired) electrons. The van der Waals surface area contributed by atoms with Crippen LogP contribution in [0.3, 0.4) is 0 Å². The molecule has 0 aromatic carbocycles. The van der Waals surface area contributed by atoms with Crippen molar-refractivity contribution in [3.8, 4) is 0 Å². The summed E-state index contributed by atoms with van der Waals surface area (Å²) in [5.74, 6) is -0.464. The highest BCUT2D eigenvalue weighted by molar-refractivity contribution is 7.47. The number of phosphoric acid groups is 2. The van der Waals surface area contributed by atoms with Gasteiger partial charge in [0, 0.05) is 25.7 Å². The Morgan fingerprint density at radius 1 is 0.243 bits per heavy atom. The van der Waals surface area contributed by atoms with Gasteiger partial charge in [-0.15, -0.1) is 0 Å². The van der Waals surface area contributed by atoms with E-state index in [9.17, 15) is 43.2 Å². The van der Waals surface area contributed by atoms with E-state index in [-0.39, 0.29) is 25.7 Å². The summed E-state index contributed by atoms with van der Waals surface area (Å²) in [7, 11) is -9.94. The van der Waals surface area contributed by atoms with Gasteiger partial charge in [0.1, 0.15) is 19.3 Å². The summed E-state index contributed by atoms with van der Waals surface area (Å²) in [5, 5.41) is 10.7. The molecule has 0 amide bonds. The summed E-state index contributed by atoms with van der Waals surface area (Å²) in [5.41, 5.74) is 0. The zero-order chi connectivity index (χ0) is 81.3. The van der Waals surface area contributed by atoms with Crippen LogP contribution in [0, 0.1) is 11.8 Å². The summed E-state index contributed by atoms with van der Waals surface area (Å²) in [6.45, 7) is 9.77. The number of carbonyl (C=O) groups excluding carboxylic acids is 4. The van der Waals surface area contributed by atoms with Crippen molar-refractivity contribution in [2.75, 3.05) is 39.6 Å². The van der Waals surface area contributed by atoms with Crippen molar-refractivity contribution in [1.82, 2.24) is 0 Å². The molecule has 0 rings (SSSR count). The first kappa shape index (κ1) is 109. The van der Waals surface area contributed by atoms with Crippen LogP contribution in [-0.4, -0.2) is 96.7 Å². The number of hydrogen-bond donors (Lipinski definition) is 3. The van der Waals surface area contributed by atoms with E-state index in [0.29, 0.717) is 25.7 Å². The zero-order valence-corrected chi connectivity index (χ0v) is 75.1. The van der Waals surface area contributed by atoms with Gasteiger partial charge < -0.3 is 33.8 Å². The molecule has 0 bridgehead atoms. The highest BCUT2D eigenvalue weighted by Gasteiger charge is 2.31. The minimum Gasteiger partial charge on any atom is -0.462 e. The van der Waals surface area contributed by atoms with E-state index in [2.05, 4.69) is 41.5 Å². The highest BCUT2D eigenvalue weighted by atomic mass is 31.2. The molecule has 19 heteroatoms. The molecule has 0 aromatic rings. The van der Waals surface area contributed by atoms with Gasteiger partial charge in [-0.25, -0.2) is 9.13 Å². The fourth-order valence-corrected chi connectivity index (χ4v) is 16.1. The van der Waals surface area contributed by atoms with E-state index in [4.69, 9.17) is 37.0 Å². The quantitative estimate of drug-likeness (QED) is 0.0222. The number of rotatable bonds is 91. The van der Waals surface area contributed by atoms with Gasteiger partial charge in [-0.2, -0.15) is 0 Å². The third-order valence-corrected chi connectivity index (χ3v) is 23.6. The molecule has 0 spiro atoms. The van der Waals surface area contributed by atoms with Crippen molar-refractivity contribution in [3.05, 3.63) is 0 Å². The Labute approximate surface area is 683 Å². The first-order valence-electron chi connectivity index (χ1n) is 47.5. The van der Waals surface area contributed by atoms with Crippen molar-refractivity contribution in [2.24, 2.45) is 11.8 Å². The Hall–Kier alpha value is -1.94. The molecule has 0 saturated heterocycles. The summed E-state index contributed by atoms with van der Waals surface area (Å²) in [4.78, 5) is 73.4. The highest BCUT2D eigenvalue weighted by Crippen LogP contribution is 2.45. The molecule has 17 nitrogen and oxygen atoms in total. The van der Waals surface area contributed by atoms with Crippen molar-refractivity contribution in [1.29, 1.82) is 0 Å². The van der Waals surface area contributed by atoms with Crippen LogP contribution >= 0.6 is 15.6 Å². The molecule has 0 aliphatic heterocycles. The molecule has 0 saturated carbocycles. The van der Waals surface area contributed by atoms with Crippen molar-refractivity contribution < 1.29 is 80.2 Å². The Balaban J connectivity index is 5.23. The number of esters is 4.